The molecule has 0 saturated carbocycles. The summed E-state index contributed by atoms with van der Waals surface area (Å²) in [7, 11) is 0. The predicted molar refractivity (Wildman–Crippen MR) is 89.5 cm³/mol. The Balaban J connectivity index is 1.88. The van der Waals surface area contributed by atoms with Gasteiger partial charge in [-0.05, 0) is 37.3 Å². The van der Waals surface area contributed by atoms with Gasteiger partial charge in [-0.15, -0.1) is 0 Å². The predicted octanol–water partition coefficient (Wildman–Crippen LogP) is 3.27. The second kappa shape index (κ2) is 7.48. The number of hydrogen-bond acceptors (Lipinski definition) is 6. The fraction of sp³-hybridized carbons (Fsp3) is 0.167. The molecule has 7 nitrogen and oxygen atoms in total. The van der Waals surface area contributed by atoms with Gasteiger partial charge in [0.15, 0.2) is 18.1 Å². The molecule has 0 unspecified atom stereocenters. The number of hydrogen-bond donors (Lipinski definition) is 1. The lowest BCUT2D eigenvalue weighted by atomic mass is 10.2. The second-order valence-corrected chi connectivity index (χ2v) is 5.07. The molecule has 0 aliphatic rings. The number of nitrogens with zero attached hydrogens (tertiary/aromatic N) is 2. The van der Waals surface area contributed by atoms with Crippen LogP contribution in [-0.2, 0) is 4.79 Å². The van der Waals surface area contributed by atoms with E-state index in [0.29, 0.717) is 35.4 Å². The van der Waals surface area contributed by atoms with E-state index in [-0.39, 0.29) is 0 Å². The molecule has 1 aromatic heterocycles. The zero-order chi connectivity index (χ0) is 17.6. The zero-order valence-corrected chi connectivity index (χ0v) is 13.5. The molecule has 7 heteroatoms. The van der Waals surface area contributed by atoms with Crippen LogP contribution in [0.5, 0.6) is 11.5 Å². The van der Waals surface area contributed by atoms with E-state index in [1.807, 2.05) is 37.3 Å². The van der Waals surface area contributed by atoms with E-state index < -0.39 is 12.6 Å². The van der Waals surface area contributed by atoms with Crippen molar-refractivity contribution in [3.05, 3.63) is 48.5 Å². The number of carboxylic acid groups (broad SMARTS) is 1. The van der Waals surface area contributed by atoms with Gasteiger partial charge in [-0.25, -0.2) is 4.79 Å². The van der Waals surface area contributed by atoms with Crippen molar-refractivity contribution >= 4 is 5.97 Å². The average molecular weight is 340 g/mol. The van der Waals surface area contributed by atoms with Crippen LogP contribution >= 0.6 is 0 Å². The monoisotopic (exact) mass is 340 g/mol. The Bertz CT molecular complexity index is 861. The fourth-order valence-electron chi connectivity index (χ4n) is 2.21. The topological polar surface area (TPSA) is 94.7 Å². The smallest absolute Gasteiger partial charge is 0.341 e. The number of carboxylic acids is 1. The van der Waals surface area contributed by atoms with E-state index in [4.69, 9.17) is 19.1 Å². The molecule has 1 heterocycles. The molecule has 0 spiro atoms. The van der Waals surface area contributed by atoms with Crippen molar-refractivity contribution < 1.29 is 23.9 Å². The summed E-state index contributed by atoms with van der Waals surface area (Å²) in [5.41, 5.74) is 1.50. The minimum absolute atomic E-state index is 0.347. The maximum Gasteiger partial charge on any atom is 0.341 e. The Kier molecular flexibility index (Phi) is 4.94. The summed E-state index contributed by atoms with van der Waals surface area (Å²) in [6, 6.07) is 14.5. The first-order valence-corrected chi connectivity index (χ1v) is 7.68. The van der Waals surface area contributed by atoms with Crippen molar-refractivity contribution in [3.8, 4) is 34.3 Å². The highest BCUT2D eigenvalue weighted by Crippen LogP contribution is 2.32. The summed E-state index contributed by atoms with van der Waals surface area (Å²) in [4.78, 5) is 15.1. The Morgan fingerprint density at radius 1 is 1.08 bits per heavy atom. The quantitative estimate of drug-likeness (QED) is 0.705. The first-order valence-electron chi connectivity index (χ1n) is 7.68. The number of rotatable bonds is 7. The van der Waals surface area contributed by atoms with E-state index in [1.165, 1.54) is 0 Å². The minimum Gasteiger partial charge on any atom is -0.490 e. The number of carbonyl (C=O) groups is 1. The normalized spacial score (nSPS) is 10.4. The molecule has 1 N–H and O–H groups in total. The van der Waals surface area contributed by atoms with Gasteiger partial charge in [0.05, 0.1) is 6.61 Å². The van der Waals surface area contributed by atoms with Crippen molar-refractivity contribution in [2.24, 2.45) is 0 Å². The standard InChI is InChI=1S/C18H16N2O5/c1-2-23-15-10-13(8-9-14(15)24-11-16(21)22)17-19-18(25-20-17)12-6-4-3-5-7-12/h3-10H,2,11H2,1H3,(H,21,22). The molecule has 0 aliphatic heterocycles. The van der Waals surface area contributed by atoms with E-state index >= 15 is 0 Å². The molecule has 0 aliphatic carbocycles. The van der Waals surface area contributed by atoms with Crippen LogP contribution in [-0.4, -0.2) is 34.4 Å². The first-order chi connectivity index (χ1) is 12.2. The van der Waals surface area contributed by atoms with Gasteiger partial charge in [-0.1, -0.05) is 23.4 Å². The minimum atomic E-state index is -1.06. The van der Waals surface area contributed by atoms with Crippen LogP contribution in [0.15, 0.2) is 53.1 Å². The molecule has 3 rings (SSSR count). The largest absolute Gasteiger partial charge is 0.490 e. The van der Waals surface area contributed by atoms with Crippen molar-refractivity contribution in [1.82, 2.24) is 10.1 Å². The summed E-state index contributed by atoms with van der Waals surface area (Å²) in [6.45, 7) is 1.80. The highest BCUT2D eigenvalue weighted by molar-refractivity contribution is 5.69. The molecule has 25 heavy (non-hydrogen) atoms. The Morgan fingerprint density at radius 3 is 2.60 bits per heavy atom. The highest BCUT2D eigenvalue weighted by atomic mass is 16.5. The lowest BCUT2D eigenvalue weighted by molar-refractivity contribution is -0.139. The van der Waals surface area contributed by atoms with E-state index in [2.05, 4.69) is 10.1 Å². The van der Waals surface area contributed by atoms with Crippen molar-refractivity contribution in [2.45, 2.75) is 6.92 Å². The SMILES string of the molecule is CCOc1cc(-c2noc(-c3ccccc3)n2)ccc1OCC(=O)O. The number of benzene rings is 2. The van der Waals surface area contributed by atoms with Crippen LogP contribution in [0.25, 0.3) is 22.8 Å². The molecule has 0 amide bonds. The molecule has 0 fully saturated rings. The van der Waals surface area contributed by atoms with Crippen molar-refractivity contribution in [1.29, 1.82) is 0 Å². The summed E-state index contributed by atoms with van der Waals surface area (Å²) in [6.07, 6.45) is 0. The van der Waals surface area contributed by atoms with Gasteiger partial charge in [0.2, 0.25) is 5.82 Å². The van der Waals surface area contributed by atoms with Crippen LogP contribution < -0.4 is 9.47 Å². The molecule has 128 valence electrons. The number of aliphatic carboxylic acids is 1. The van der Waals surface area contributed by atoms with Gasteiger partial charge >= 0.3 is 5.97 Å². The van der Waals surface area contributed by atoms with Gasteiger partial charge in [-0.3, -0.25) is 0 Å². The van der Waals surface area contributed by atoms with Crippen LogP contribution in [0.1, 0.15) is 6.92 Å². The van der Waals surface area contributed by atoms with Crippen LogP contribution in [0.2, 0.25) is 0 Å². The van der Waals surface area contributed by atoms with E-state index in [0.717, 1.165) is 5.56 Å². The molecule has 0 atom stereocenters. The maximum absolute atomic E-state index is 10.7. The lowest BCUT2D eigenvalue weighted by Gasteiger charge is -2.11. The van der Waals surface area contributed by atoms with Gasteiger partial charge in [-0.2, -0.15) is 4.98 Å². The highest BCUT2D eigenvalue weighted by Gasteiger charge is 2.14. The fourth-order valence-corrected chi connectivity index (χ4v) is 2.21. The summed E-state index contributed by atoms with van der Waals surface area (Å²) < 4.78 is 16.0. The van der Waals surface area contributed by atoms with Gasteiger partial charge in [0, 0.05) is 11.1 Å². The number of aromatic nitrogens is 2. The third kappa shape index (κ3) is 3.95. The molecule has 0 saturated heterocycles. The first kappa shape index (κ1) is 16.5. The third-order valence-corrected chi connectivity index (χ3v) is 3.30. The van der Waals surface area contributed by atoms with Crippen LogP contribution in [0.3, 0.4) is 0 Å². The molecule has 2 aromatic carbocycles. The van der Waals surface area contributed by atoms with Crippen LogP contribution in [0.4, 0.5) is 0 Å². The molecule has 3 aromatic rings. The molecular formula is C18H16N2O5. The molecule has 0 bridgehead atoms. The summed E-state index contributed by atoms with van der Waals surface area (Å²) in [5.74, 6) is 0.536. The van der Waals surface area contributed by atoms with Crippen molar-refractivity contribution in [2.75, 3.05) is 13.2 Å². The second-order valence-electron chi connectivity index (χ2n) is 5.07. The Labute approximate surface area is 143 Å². The number of ether oxygens (including phenoxy) is 2. The summed E-state index contributed by atoms with van der Waals surface area (Å²) in [5, 5.41) is 12.7. The molecular weight excluding hydrogens is 324 g/mol. The van der Waals surface area contributed by atoms with Crippen molar-refractivity contribution in [3.63, 3.8) is 0 Å². The van der Waals surface area contributed by atoms with E-state index in [9.17, 15) is 4.79 Å². The van der Waals surface area contributed by atoms with Gasteiger partial charge < -0.3 is 19.1 Å². The Morgan fingerprint density at radius 2 is 1.88 bits per heavy atom. The van der Waals surface area contributed by atoms with Gasteiger partial charge in [0.1, 0.15) is 0 Å². The third-order valence-electron chi connectivity index (χ3n) is 3.30. The van der Waals surface area contributed by atoms with Gasteiger partial charge in [0.25, 0.3) is 5.89 Å². The average Bonchev–Trinajstić information content (AvgIpc) is 3.11. The summed E-state index contributed by atoms with van der Waals surface area (Å²) >= 11 is 0. The maximum atomic E-state index is 10.7. The zero-order valence-electron chi connectivity index (χ0n) is 13.5. The molecule has 0 radical (unpaired) electrons. The lowest BCUT2D eigenvalue weighted by Crippen LogP contribution is -2.10. The Hall–Kier alpha value is -3.35. The van der Waals surface area contributed by atoms with Crippen LogP contribution in [0, 0.1) is 0 Å². The van der Waals surface area contributed by atoms with E-state index in [1.54, 1.807) is 18.2 Å².